The monoisotopic (exact) mass is 302 g/mol. The summed E-state index contributed by atoms with van der Waals surface area (Å²) in [6.45, 7) is -3.16. The molecule has 7 nitrogen and oxygen atoms in total. The molecule has 1 aromatic rings. The molecule has 9 heteroatoms. The molecule has 0 radical (unpaired) electrons. The van der Waals surface area contributed by atoms with Crippen LogP contribution in [-0.4, -0.2) is 30.6 Å². The quantitative estimate of drug-likeness (QED) is 0.642. The molecule has 0 atom stereocenters. The first-order valence-electron chi connectivity index (χ1n) is 6.04. The zero-order chi connectivity index (χ0) is 15.6. The first-order chi connectivity index (χ1) is 9.92. The zero-order valence-electron chi connectivity index (χ0n) is 11.0. The number of nitrogens with one attached hydrogen (secondary N) is 1. The number of methoxy groups -OCH3 is 1. The molecule has 2 rings (SSSR count). The fourth-order valence-electron chi connectivity index (χ4n) is 1.72. The van der Waals surface area contributed by atoms with Crippen LogP contribution in [-0.2, 0) is 0 Å². The molecule has 1 aromatic carbocycles. The predicted molar refractivity (Wildman–Crippen MR) is 66.8 cm³/mol. The predicted octanol–water partition coefficient (Wildman–Crippen LogP) is 2.10. The number of amides is 1. The van der Waals surface area contributed by atoms with E-state index in [-0.39, 0.29) is 17.4 Å². The van der Waals surface area contributed by atoms with Crippen molar-refractivity contribution >= 4 is 11.6 Å². The Balaban J connectivity index is 2.41. The van der Waals surface area contributed by atoms with Gasteiger partial charge in [0.25, 0.3) is 11.6 Å². The topological polar surface area (TPSA) is 90.7 Å². The molecule has 1 aliphatic rings. The van der Waals surface area contributed by atoms with E-state index in [9.17, 15) is 23.7 Å². The van der Waals surface area contributed by atoms with Crippen LogP contribution >= 0.6 is 0 Å². The van der Waals surface area contributed by atoms with Crippen LogP contribution < -0.4 is 14.8 Å². The number of halogens is 2. The van der Waals surface area contributed by atoms with Gasteiger partial charge in [-0.3, -0.25) is 14.9 Å². The molecule has 0 unspecified atom stereocenters. The zero-order valence-corrected chi connectivity index (χ0v) is 11.0. The second kappa shape index (κ2) is 5.90. The van der Waals surface area contributed by atoms with Crippen molar-refractivity contribution in [3.63, 3.8) is 0 Å². The molecule has 0 heterocycles. The van der Waals surface area contributed by atoms with Gasteiger partial charge in [-0.25, -0.2) is 0 Å². The number of ether oxygens (including phenoxy) is 2. The first-order valence-corrected chi connectivity index (χ1v) is 6.04. The van der Waals surface area contributed by atoms with Crippen LogP contribution in [0, 0.1) is 10.1 Å². The lowest BCUT2D eigenvalue weighted by Crippen LogP contribution is -2.26. The van der Waals surface area contributed by atoms with Gasteiger partial charge >= 0.3 is 6.61 Å². The lowest BCUT2D eigenvalue weighted by atomic mass is 10.1. The smallest absolute Gasteiger partial charge is 0.387 e. The summed E-state index contributed by atoms with van der Waals surface area (Å²) in [5, 5.41) is 13.6. The number of alkyl halides is 2. The lowest BCUT2D eigenvalue weighted by Gasteiger charge is -2.12. The van der Waals surface area contributed by atoms with E-state index in [1.54, 1.807) is 0 Å². The van der Waals surface area contributed by atoms with Crippen LogP contribution in [0.4, 0.5) is 14.5 Å². The number of carbonyl (C=O) groups excluding carboxylic acids is 1. The van der Waals surface area contributed by atoms with Crippen LogP contribution in [0.25, 0.3) is 0 Å². The standard InChI is InChI=1S/C12H12F2N2O5/c1-20-9-4-7(11(17)15-6-2-3-6)8(16(18)19)5-10(9)21-12(13)14/h4-6,12H,2-3H2,1H3,(H,15,17). The summed E-state index contributed by atoms with van der Waals surface area (Å²) >= 11 is 0. The fourth-order valence-corrected chi connectivity index (χ4v) is 1.72. The highest BCUT2D eigenvalue weighted by Crippen LogP contribution is 2.36. The van der Waals surface area contributed by atoms with E-state index in [0.717, 1.165) is 25.0 Å². The van der Waals surface area contributed by atoms with Crippen molar-refractivity contribution in [2.24, 2.45) is 0 Å². The highest BCUT2D eigenvalue weighted by atomic mass is 19.3. The average Bonchev–Trinajstić information content (AvgIpc) is 3.21. The highest BCUT2D eigenvalue weighted by Gasteiger charge is 2.30. The van der Waals surface area contributed by atoms with Crippen molar-refractivity contribution < 1.29 is 28.0 Å². The number of nitro benzene ring substituents is 1. The molecule has 0 spiro atoms. The van der Waals surface area contributed by atoms with E-state index in [0.29, 0.717) is 0 Å². The van der Waals surface area contributed by atoms with Crippen LogP contribution in [0.5, 0.6) is 11.5 Å². The highest BCUT2D eigenvalue weighted by molar-refractivity contribution is 5.99. The van der Waals surface area contributed by atoms with E-state index in [1.807, 2.05) is 0 Å². The van der Waals surface area contributed by atoms with Gasteiger partial charge in [0.05, 0.1) is 18.1 Å². The summed E-state index contributed by atoms with van der Waals surface area (Å²) in [7, 11) is 1.18. The third-order valence-corrected chi connectivity index (χ3v) is 2.85. The normalized spacial score (nSPS) is 13.9. The van der Waals surface area contributed by atoms with Gasteiger partial charge in [-0.05, 0) is 12.8 Å². The Labute approximate surface area is 118 Å². The molecule has 0 aliphatic heterocycles. The van der Waals surface area contributed by atoms with Gasteiger partial charge in [-0.15, -0.1) is 0 Å². The first kappa shape index (κ1) is 14.9. The van der Waals surface area contributed by atoms with Crippen molar-refractivity contribution in [1.29, 1.82) is 0 Å². The summed E-state index contributed by atoms with van der Waals surface area (Å²) < 4.78 is 33.6. The van der Waals surface area contributed by atoms with Crippen LogP contribution in [0.2, 0.25) is 0 Å². The van der Waals surface area contributed by atoms with E-state index in [1.165, 1.54) is 7.11 Å². The molecule has 0 aromatic heterocycles. The van der Waals surface area contributed by atoms with Gasteiger partial charge in [0.2, 0.25) is 0 Å². The Hall–Kier alpha value is -2.45. The molecule has 114 valence electrons. The molecule has 1 N–H and O–H groups in total. The van der Waals surface area contributed by atoms with Crippen molar-refractivity contribution in [3.05, 3.63) is 27.8 Å². The Morgan fingerprint density at radius 3 is 2.57 bits per heavy atom. The molecule has 0 bridgehead atoms. The second-order valence-corrected chi connectivity index (χ2v) is 4.40. The minimum absolute atomic E-state index is 0.0000829. The van der Waals surface area contributed by atoms with Crippen LogP contribution in [0.1, 0.15) is 23.2 Å². The molecule has 0 saturated heterocycles. The molecule has 21 heavy (non-hydrogen) atoms. The minimum atomic E-state index is -3.16. The number of nitrogens with zero attached hydrogens (tertiary/aromatic N) is 1. The van der Waals surface area contributed by atoms with E-state index in [4.69, 9.17) is 4.74 Å². The van der Waals surface area contributed by atoms with Gasteiger partial charge in [0.1, 0.15) is 5.56 Å². The molecule has 1 saturated carbocycles. The third kappa shape index (κ3) is 3.56. The summed E-state index contributed by atoms with van der Waals surface area (Å²) in [4.78, 5) is 22.1. The van der Waals surface area contributed by atoms with Crippen molar-refractivity contribution in [1.82, 2.24) is 5.32 Å². The average molecular weight is 302 g/mol. The molecule has 1 fully saturated rings. The van der Waals surface area contributed by atoms with E-state index in [2.05, 4.69) is 10.1 Å². The number of rotatable bonds is 6. The summed E-state index contributed by atoms with van der Waals surface area (Å²) in [6, 6.07) is 1.78. The largest absolute Gasteiger partial charge is 0.493 e. The molecular formula is C12H12F2N2O5. The van der Waals surface area contributed by atoms with E-state index >= 15 is 0 Å². The maximum Gasteiger partial charge on any atom is 0.387 e. The number of hydrogen-bond acceptors (Lipinski definition) is 5. The van der Waals surface area contributed by atoms with Crippen molar-refractivity contribution in [2.45, 2.75) is 25.5 Å². The summed E-state index contributed by atoms with van der Waals surface area (Å²) in [5.41, 5.74) is -0.880. The Bertz CT molecular complexity index is 575. The van der Waals surface area contributed by atoms with Crippen LogP contribution in [0.15, 0.2) is 12.1 Å². The van der Waals surface area contributed by atoms with Gasteiger partial charge in [0.15, 0.2) is 11.5 Å². The minimum Gasteiger partial charge on any atom is -0.493 e. The maximum absolute atomic E-state index is 12.3. The van der Waals surface area contributed by atoms with E-state index < -0.39 is 28.9 Å². The third-order valence-electron chi connectivity index (χ3n) is 2.85. The Morgan fingerprint density at radius 2 is 2.10 bits per heavy atom. The van der Waals surface area contributed by atoms with Gasteiger partial charge in [0, 0.05) is 12.1 Å². The number of hydrogen-bond donors (Lipinski definition) is 1. The molecule has 1 aliphatic carbocycles. The Morgan fingerprint density at radius 1 is 1.43 bits per heavy atom. The maximum atomic E-state index is 12.3. The fraction of sp³-hybridized carbons (Fsp3) is 0.417. The Kier molecular flexibility index (Phi) is 4.20. The summed E-state index contributed by atoms with van der Waals surface area (Å²) in [5.74, 6) is -1.32. The molecule has 1 amide bonds. The second-order valence-electron chi connectivity index (χ2n) is 4.40. The van der Waals surface area contributed by atoms with Crippen molar-refractivity contribution in [2.75, 3.05) is 7.11 Å². The van der Waals surface area contributed by atoms with Gasteiger partial charge in [-0.1, -0.05) is 0 Å². The summed E-state index contributed by atoms with van der Waals surface area (Å²) in [6.07, 6.45) is 1.62. The van der Waals surface area contributed by atoms with Gasteiger partial charge < -0.3 is 14.8 Å². The van der Waals surface area contributed by atoms with Crippen molar-refractivity contribution in [3.8, 4) is 11.5 Å². The SMILES string of the molecule is COc1cc(C(=O)NC2CC2)c([N+](=O)[O-])cc1OC(F)F. The number of benzene rings is 1. The lowest BCUT2D eigenvalue weighted by molar-refractivity contribution is -0.385. The molecular weight excluding hydrogens is 290 g/mol. The number of nitro groups is 1. The van der Waals surface area contributed by atoms with Crippen LogP contribution in [0.3, 0.4) is 0 Å². The van der Waals surface area contributed by atoms with Gasteiger partial charge in [-0.2, -0.15) is 8.78 Å². The number of carbonyl (C=O) groups is 1.